The van der Waals surface area contributed by atoms with E-state index in [4.69, 9.17) is 10.5 Å². The predicted octanol–water partition coefficient (Wildman–Crippen LogP) is 4.09. The van der Waals surface area contributed by atoms with Crippen molar-refractivity contribution >= 4 is 5.91 Å². The molecule has 0 aliphatic heterocycles. The first-order chi connectivity index (χ1) is 13.0. The number of nitrogens with two attached hydrogens (primary N) is 1. The fraction of sp³-hybridized carbons (Fsp3) is 0.455. The Kier molecular flexibility index (Phi) is 6.45. The molecule has 5 nitrogen and oxygen atoms in total. The Labute approximate surface area is 161 Å². The molecule has 0 atom stereocenters. The maximum atomic E-state index is 11.1. The topological polar surface area (TPSA) is 68.5 Å². The van der Waals surface area contributed by atoms with E-state index in [1.807, 2.05) is 13.0 Å². The molecule has 2 N–H and O–H groups in total. The minimum absolute atomic E-state index is 0.372. The molecule has 1 amide bonds. The van der Waals surface area contributed by atoms with Gasteiger partial charge >= 0.3 is 0 Å². The number of benzene rings is 1. The molecule has 27 heavy (non-hydrogen) atoms. The highest BCUT2D eigenvalue weighted by atomic mass is 16.5. The maximum Gasteiger partial charge on any atom is 0.250 e. The minimum Gasteiger partial charge on any atom is -0.439 e. The van der Waals surface area contributed by atoms with E-state index in [1.54, 1.807) is 12.1 Å². The molecule has 1 saturated carbocycles. The zero-order valence-corrected chi connectivity index (χ0v) is 16.3. The Morgan fingerprint density at radius 1 is 1.22 bits per heavy atom. The summed E-state index contributed by atoms with van der Waals surface area (Å²) in [5, 5.41) is 0. The Morgan fingerprint density at radius 3 is 2.63 bits per heavy atom. The van der Waals surface area contributed by atoms with E-state index < -0.39 is 5.91 Å². The molecule has 1 aromatic heterocycles. The molecule has 3 rings (SSSR count). The highest BCUT2D eigenvalue weighted by Crippen LogP contribution is 2.25. The van der Waals surface area contributed by atoms with Crippen molar-refractivity contribution in [3.05, 3.63) is 53.2 Å². The molecular formula is C22H29N3O2. The third kappa shape index (κ3) is 5.30. The lowest BCUT2D eigenvalue weighted by Gasteiger charge is -2.31. The molecule has 1 fully saturated rings. The van der Waals surface area contributed by atoms with Gasteiger partial charge in [0.15, 0.2) is 0 Å². The minimum atomic E-state index is -0.493. The number of pyridine rings is 1. The fourth-order valence-electron chi connectivity index (χ4n) is 3.69. The number of aryl methyl sites for hydroxylation is 1. The summed E-state index contributed by atoms with van der Waals surface area (Å²) in [7, 11) is 2.25. The molecule has 0 radical (unpaired) electrons. The summed E-state index contributed by atoms with van der Waals surface area (Å²) in [6.45, 7) is 3.13. The summed E-state index contributed by atoms with van der Waals surface area (Å²) in [6.07, 6.45) is 9.28. The number of nitrogens with zero attached hydrogens (tertiary/aromatic N) is 2. The van der Waals surface area contributed by atoms with E-state index in [2.05, 4.69) is 29.1 Å². The normalized spacial score (nSPS) is 15.1. The van der Waals surface area contributed by atoms with Crippen LogP contribution in [-0.2, 0) is 6.42 Å². The largest absolute Gasteiger partial charge is 0.439 e. The molecule has 1 aliphatic rings. The second kappa shape index (κ2) is 9.00. The number of ether oxygens (including phenoxy) is 1. The number of hydrogen-bond donors (Lipinski definition) is 1. The molecule has 1 heterocycles. The zero-order chi connectivity index (χ0) is 19.2. The number of rotatable bonds is 7. The van der Waals surface area contributed by atoms with E-state index in [0.29, 0.717) is 11.4 Å². The summed E-state index contributed by atoms with van der Waals surface area (Å²) in [4.78, 5) is 17.8. The van der Waals surface area contributed by atoms with E-state index in [9.17, 15) is 4.79 Å². The van der Waals surface area contributed by atoms with Gasteiger partial charge in [-0.25, -0.2) is 4.98 Å². The number of likely N-dealkylation sites (N-methyl/N-ethyl adjacent to an activating group) is 1. The van der Waals surface area contributed by atoms with Crippen LogP contribution in [0.3, 0.4) is 0 Å². The van der Waals surface area contributed by atoms with Crippen LogP contribution in [0.2, 0.25) is 0 Å². The van der Waals surface area contributed by atoms with Crippen LogP contribution in [0.1, 0.15) is 53.6 Å². The maximum absolute atomic E-state index is 11.1. The predicted molar refractivity (Wildman–Crippen MR) is 107 cm³/mol. The van der Waals surface area contributed by atoms with Crippen molar-refractivity contribution in [1.82, 2.24) is 9.88 Å². The van der Waals surface area contributed by atoms with Gasteiger partial charge in [0.25, 0.3) is 0 Å². The van der Waals surface area contributed by atoms with E-state index >= 15 is 0 Å². The second-order valence-corrected chi connectivity index (χ2v) is 7.47. The lowest BCUT2D eigenvalue weighted by atomic mass is 9.94. The van der Waals surface area contributed by atoms with E-state index in [0.717, 1.165) is 30.3 Å². The Bertz CT molecular complexity index is 768. The zero-order valence-electron chi connectivity index (χ0n) is 16.3. The highest BCUT2D eigenvalue weighted by molar-refractivity contribution is 5.92. The van der Waals surface area contributed by atoms with Crippen LogP contribution < -0.4 is 10.5 Å². The van der Waals surface area contributed by atoms with Gasteiger partial charge in [-0.05, 0) is 56.5 Å². The van der Waals surface area contributed by atoms with Gasteiger partial charge in [-0.1, -0.05) is 31.4 Å². The first-order valence-electron chi connectivity index (χ1n) is 9.76. The van der Waals surface area contributed by atoms with Crippen molar-refractivity contribution in [1.29, 1.82) is 0 Å². The number of carbonyl (C=O) groups excluding carboxylic acids is 1. The monoisotopic (exact) mass is 367 g/mol. The van der Waals surface area contributed by atoms with Gasteiger partial charge in [-0.15, -0.1) is 0 Å². The van der Waals surface area contributed by atoms with Gasteiger partial charge in [-0.3, -0.25) is 4.79 Å². The summed E-state index contributed by atoms with van der Waals surface area (Å²) < 4.78 is 5.85. The molecule has 1 aliphatic carbocycles. The van der Waals surface area contributed by atoms with Crippen LogP contribution in [-0.4, -0.2) is 35.4 Å². The average Bonchev–Trinajstić information content (AvgIpc) is 2.69. The van der Waals surface area contributed by atoms with Crippen molar-refractivity contribution in [2.24, 2.45) is 5.73 Å². The smallest absolute Gasteiger partial charge is 0.250 e. The standard InChI is InChI=1S/C22H29N3O2/c1-16-14-17(12-13-25(2)19-6-4-3-5-7-19)8-10-20(16)27-21-11-9-18(15-24-21)22(23)26/h8-11,14-15,19H,3-7,12-13H2,1-2H3,(H2,23,26). The van der Waals surface area contributed by atoms with Crippen LogP contribution in [0, 0.1) is 6.92 Å². The van der Waals surface area contributed by atoms with Crippen LogP contribution in [0.25, 0.3) is 0 Å². The second-order valence-electron chi connectivity index (χ2n) is 7.47. The number of carbonyl (C=O) groups is 1. The Hall–Kier alpha value is -2.40. The van der Waals surface area contributed by atoms with Gasteiger partial charge in [0.1, 0.15) is 5.75 Å². The van der Waals surface area contributed by atoms with E-state index in [1.165, 1.54) is 43.9 Å². The van der Waals surface area contributed by atoms with E-state index in [-0.39, 0.29) is 0 Å². The Morgan fingerprint density at radius 2 is 2.00 bits per heavy atom. The fourth-order valence-corrected chi connectivity index (χ4v) is 3.69. The van der Waals surface area contributed by atoms with Crippen molar-refractivity contribution in [3.63, 3.8) is 0 Å². The Balaban J connectivity index is 1.57. The van der Waals surface area contributed by atoms with Gasteiger partial charge in [0, 0.05) is 24.8 Å². The summed E-state index contributed by atoms with van der Waals surface area (Å²) >= 11 is 0. The molecular weight excluding hydrogens is 338 g/mol. The first-order valence-corrected chi connectivity index (χ1v) is 9.76. The average molecular weight is 367 g/mol. The number of primary amides is 1. The van der Waals surface area contributed by atoms with Crippen molar-refractivity contribution in [2.75, 3.05) is 13.6 Å². The molecule has 0 bridgehead atoms. The quantitative estimate of drug-likeness (QED) is 0.800. The number of amides is 1. The van der Waals surface area contributed by atoms with Crippen molar-refractivity contribution < 1.29 is 9.53 Å². The molecule has 144 valence electrons. The third-order valence-electron chi connectivity index (χ3n) is 5.43. The van der Waals surface area contributed by atoms with Gasteiger partial charge in [0.2, 0.25) is 11.8 Å². The summed E-state index contributed by atoms with van der Waals surface area (Å²) in [5.41, 5.74) is 8.00. The summed E-state index contributed by atoms with van der Waals surface area (Å²) in [5.74, 6) is 0.736. The molecule has 2 aromatic rings. The van der Waals surface area contributed by atoms with Gasteiger partial charge in [-0.2, -0.15) is 0 Å². The van der Waals surface area contributed by atoms with Crippen LogP contribution in [0.15, 0.2) is 36.5 Å². The van der Waals surface area contributed by atoms with Crippen LogP contribution in [0.4, 0.5) is 0 Å². The first kappa shape index (κ1) is 19.4. The molecule has 0 saturated heterocycles. The van der Waals surface area contributed by atoms with Crippen LogP contribution in [0.5, 0.6) is 11.6 Å². The highest BCUT2D eigenvalue weighted by Gasteiger charge is 2.17. The van der Waals surface area contributed by atoms with Gasteiger partial charge in [0.05, 0.1) is 5.56 Å². The van der Waals surface area contributed by atoms with Gasteiger partial charge < -0.3 is 15.4 Å². The molecule has 5 heteroatoms. The number of aromatic nitrogens is 1. The SMILES string of the molecule is Cc1cc(CCN(C)C2CCCCC2)ccc1Oc1ccc(C(N)=O)cn1. The molecule has 0 spiro atoms. The lowest BCUT2D eigenvalue weighted by Crippen LogP contribution is -2.34. The van der Waals surface area contributed by atoms with Crippen molar-refractivity contribution in [3.8, 4) is 11.6 Å². The molecule has 1 aromatic carbocycles. The van der Waals surface area contributed by atoms with Crippen LogP contribution >= 0.6 is 0 Å². The number of hydrogen-bond acceptors (Lipinski definition) is 4. The third-order valence-corrected chi connectivity index (χ3v) is 5.43. The molecule has 0 unspecified atom stereocenters. The lowest BCUT2D eigenvalue weighted by molar-refractivity contribution is 0.1000. The van der Waals surface area contributed by atoms with Crippen molar-refractivity contribution in [2.45, 2.75) is 51.5 Å². The summed E-state index contributed by atoms with van der Waals surface area (Å²) in [6, 6.07) is 10.3.